The van der Waals surface area contributed by atoms with Gasteiger partial charge in [-0.2, -0.15) is 0 Å². The van der Waals surface area contributed by atoms with Crippen molar-refractivity contribution in [3.63, 3.8) is 0 Å². The monoisotopic (exact) mass is 244 g/mol. The zero-order valence-corrected chi connectivity index (χ0v) is 10.1. The summed E-state index contributed by atoms with van der Waals surface area (Å²) in [6.07, 6.45) is 11.6. The summed E-state index contributed by atoms with van der Waals surface area (Å²) < 4.78 is 1.79. The fraction of sp³-hybridized carbons (Fsp3) is 0.417. The third-order valence-electron chi connectivity index (χ3n) is 3.31. The van der Waals surface area contributed by atoms with Gasteiger partial charge in [0.2, 0.25) is 0 Å². The van der Waals surface area contributed by atoms with Gasteiger partial charge in [0.15, 0.2) is 11.6 Å². The summed E-state index contributed by atoms with van der Waals surface area (Å²) in [4.78, 5) is 12.4. The van der Waals surface area contributed by atoms with Crippen LogP contribution in [0.25, 0.3) is 5.82 Å². The van der Waals surface area contributed by atoms with Gasteiger partial charge in [-0.1, -0.05) is 12.8 Å². The maximum absolute atomic E-state index is 6.12. The van der Waals surface area contributed by atoms with Gasteiger partial charge in [-0.05, 0) is 12.8 Å². The maximum atomic E-state index is 6.12. The third kappa shape index (κ3) is 2.01. The van der Waals surface area contributed by atoms with Crippen LogP contribution in [0.15, 0.2) is 25.0 Å². The Kier molecular flexibility index (Phi) is 2.84. The predicted octanol–water partition coefficient (Wildman–Crippen LogP) is 1.60. The lowest BCUT2D eigenvalue weighted by Gasteiger charge is -2.15. The van der Waals surface area contributed by atoms with Crippen LogP contribution in [0.5, 0.6) is 0 Å². The van der Waals surface area contributed by atoms with Crippen LogP contribution in [-0.4, -0.2) is 25.6 Å². The van der Waals surface area contributed by atoms with E-state index in [1.165, 1.54) is 32.0 Å². The van der Waals surface area contributed by atoms with Crippen LogP contribution in [0.4, 0.5) is 11.5 Å². The van der Waals surface area contributed by atoms with Crippen molar-refractivity contribution in [3.05, 3.63) is 25.0 Å². The van der Waals surface area contributed by atoms with Gasteiger partial charge in [0.25, 0.3) is 0 Å². The van der Waals surface area contributed by atoms with E-state index in [0.717, 1.165) is 5.82 Å². The molecule has 2 aromatic heterocycles. The smallest absolute Gasteiger partial charge is 0.166 e. The molecule has 3 rings (SSSR count). The average Bonchev–Trinajstić information content (AvgIpc) is 3.04. The molecule has 0 bridgehead atoms. The number of imidazole rings is 1. The lowest BCUT2D eigenvalue weighted by atomic mass is 10.2. The van der Waals surface area contributed by atoms with Gasteiger partial charge in [-0.15, -0.1) is 0 Å². The van der Waals surface area contributed by atoms with E-state index >= 15 is 0 Å². The number of nitrogens with one attached hydrogen (secondary N) is 1. The summed E-state index contributed by atoms with van der Waals surface area (Å²) in [5.74, 6) is 1.39. The molecule has 0 unspecified atom stereocenters. The van der Waals surface area contributed by atoms with Gasteiger partial charge in [0.1, 0.15) is 18.3 Å². The van der Waals surface area contributed by atoms with Crippen molar-refractivity contribution in [1.82, 2.24) is 19.5 Å². The fourth-order valence-electron chi connectivity index (χ4n) is 2.35. The fourth-order valence-corrected chi connectivity index (χ4v) is 2.35. The van der Waals surface area contributed by atoms with Crippen molar-refractivity contribution < 1.29 is 0 Å². The van der Waals surface area contributed by atoms with E-state index in [1.807, 2.05) is 6.20 Å². The van der Waals surface area contributed by atoms with Gasteiger partial charge in [0, 0.05) is 18.4 Å². The van der Waals surface area contributed by atoms with Crippen molar-refractivity contribution in [2.75, 3.05) is 11.1 Å². The molecule has 1 aliphatic carbocycles. The molecule has 0 atom stereocenters. The Morgan fingerprint density at radius 1 is 1.28 bits per heavy atom. The molecule has 0 amide bonds. The van der Waals surface area contributed by atoms with Crippen LogP contribution < -0.4 is 11.1 Å². The molecule has 0 radical (unpaired) electrons. The average molecular weight is 244 g/mol. The second-order valence-electron chi connectivity index (χ2n) is 4.56. The van der Waals surface area contributed by atoms with E-state index in [1.54, 1.807) is 17.1 Å². The molecule has 3 N–H and O–H groups in total. The molecule has 1 saturated carbocycles. The van der Waals surface area contributed by atoms with Crippen LogP contribution in [0, 0.1) is 0 Å². The normalized spacial score (nSPS) is 16.0. The third-order valence-corrected chi connectivity index (χ3v) is 3.31. The first-order valence-electron chi connectivity index (χ1n) is 6.20. The zero-order chi connectivity index (χ0) is 12.4. The molecule has 1 aliphatic rings. The largest absolute Gasteiger partial charge is 0.393 e. The maximum Gasteiger partial charge on any atom is 0.166 e. The Hall–Kier alpha value is -2.11. The van der Waals surface area contributed by atoms with Crippen LogP contribution >= 0.6 is 0 Å². The van der Waals surface area contributed by atoms with E-state index < -0.39 is 0 Å². The van der Waals surface area contributed by atoms with Gasteiger partial charge in [-0.3, -0.25) is 4.57 Å². The van der Waals surface area contributed by atoms with Gasteiger partial charge >= 0.3 is 0 Å². The number of anilines is 2. The van der Waals surface area contributed by atoms with E-state index in [9.17, 15) is 0 Å². The molecule has 0 aliphatic heterocycles. The second-order valence-corrected chi connectivity index (χ2v) is 4.56. The summed E-state index contributed by atoms with van der Waals surface area (Å²) in [5, 5.41) is 3.40. The second kappa shape index (κ2) is 4.64. The van der Waals surface area contributed by atoms with Crippen LogP contribution in [0.1, 0.15) is 25.7 Å². The van der Waals surface area contributed by atoms with Crippen molar-refractivity contribution in [3.8, 4) is 5.82 Å². The highest BCUT2D eigenvalue weighted by atomic mass is 15.1. The summed E-state index contributed by atoms with van der Waals surface area (Å²) in [6, 6.07) is 0.484. The highest BCUT2D eigenvalue weighted by molar-refractivity contribution is 5.69. The lowest BCUT2D eigenvalue weighted by Crippen LogP contribution is -2.18. The summed E-state index contributed by atoms with van der Waals surface area (Å²) in [6.45, 7) is 0. The minimum absolute atomic E-state index is 0.484. The van der Waals surface area contributed by atoms with Gasteiger partial charge in [-0.25, -0.2) is 15.0 Å². The molecular weight excluding hydrogens is 228 g/mol. The number of hydrogen-bond donors (Lipinski definition) is 2. The molecule has 2 heterocycles. The minimum Gasteiger partial charge on any atom is -0.393 e. The molecule has 6 heteroatoms. The van der Waals surface area contributed by atoms with E-state index in [-0.39, 0.29) is 0 Å². The van der Waals surface area contributed by atoms with Crippen LogP contribution in [0.2, 0.25) is 0 Å². The molecule has 0 aromatic carbocycles. The standard InChI is InChI=1S/C12H16N6/c13-10-11(17-9-3-1-2-4-9)15-7-16-12(10)18-6-5-14-8-18/h5-9H,1-4,13H2,(H,15,16,17). The molecule has 0 spiro atoms. The first-order chi connectivity index (χ1) is 8.84. The van der Waals surface area contributed by atoms with Crippen LogP contribution in [-0.2, 0) is 0 Å². The van der Waals surface area contributed by atoms with Gasteiger partial charge in [0.05, 0.1) is 0 Å². The zero-order valence-electron chi connectivity index (χ0n) is 10.1. The quantitative estimate of drug-likeness (QED) is 0.857. The van der Waals surface area contributed by atoms with Crippen molar-refractivity contribution in [2.45, 2.75) is 31.7 Å². The molecule has 1 fully saturated rings. The van der Waals surface area contributed by atoms with E-state index in [2.05, 4.69) is 20.3 Å². The molecular formula is C12H16N6. The van der Waals surface area contributed by atoms with Crippen molar-refractivity contribution >= 4 is 11.5 Å². The molecule has 6 nitrogen and oxygen atoms in total. The highest BCUT2D eigenvalue weighted by Gasteiger charge is 2.17. The summed E-state index contributed by atoms with van der Waals surface area (Å²) in [7, 11) is 0. The first kappa shape index (κ1) is 11.0. The first-order valence-corrected chi connectivity index (χ1v) is 6.20. The Balaban J connectivity index is 1.89. The minimum atomic E-state index is 0.484. The predicted molar refractivity (Wildman–Crippen MR) is 69.4 cm³/mol. The van der Waals surface area contributed by atoms with Crippen LogP contribution in [0.3, 0.4) is 0 Å². The Morgan fingerprint density at radius 2 is 2.11 bits per heavy atom. The number of nitrogens with zero attached hydrogens (tertiary/aromatic N) is 4. The molecule has 18 heavy (non-hydrogen) atoms. The Labute approximate surface area is 105 Å². The number of rotatable bonds is 3. The Bertz CT molecular complexity index is 515. The molecule has 2 aromatic rings. The lowest BCUT2D eigenvalue weighted by molar-refractivity contribution is 0.749. The summed E-state index contributed by atoms with van der Waals surface area (Å²) >= 11 is 0. The SMILES string of the molecule is Nc1c(NC2CCCC2)ncnc1-n1ccnc1. The molecule has 0 saturated heterocycles. The molecule has 94 valence electrons. The Morgan fingerprint density at radius 3 is 2.83 bits per heavy atom. The van der Waals surface area contributed by atoms with Crippen molar-refractivity contribution in [1.29, 1.82) is 0 Å². The van der Waals surface area contributed by atoms with Crippen molar-refractivity contribution in [2.24, 2.45) is 0 Å². The summed E-state index contributed by atoms with van der Waals surface area (Å²) in [5.41, 5.74) is 6.69. The highest BCUT2D eigenvalue weighted by Crippen LogP contribution is 2.26. The topological polar surface area (TPSA) is 81.6 Å². The van der Waals surface area contributed by atoms with E-state index in [0.29, 0.717) is 17.5 Å². The number of aromatic nitrogens is 4. The number of nitrogens with two attached hydrogens (primary N) is 1. The number of nitrogen functional groups attached to an aromatic ring is 1. The van der Waals surface area contributed by atoms with E-state index in [4.69, 9.17) is 5.73 Å². The van der Waals surface area contributed by atoms with Gasteiger partial charge < -0.3 is 11.1 Å². The number of hydrogen-bond acceptors (Lipinski definition) is 5.